The number of hydrogen-bond donors (Lipinski definition) is 2. The van der Waals surface area contributed by atoms with E-state index < -0.39 is 11.8 Å². The number of fused-ring (bicyclic) bond motifs is 1. The third-order valence-electron chi connectivity index (χ3n) is 4.09. The minimum absolute atomic E-state index is 0.130. The van der Waals surface area contributed by atoms with Gasteiger partial charge in [-0.25, -0.2) is 14.2 Å². The summed E-state index contributed by atoms with van der Waals surface area (Å²) < 4.78 is 19.7. The van der Waals surface area contributed by atoms with Crippen molar-refractivity contribution in [1.29, 1.82) is 0 Å². The standard InChI is InChI=1S/C21H21FN2O3/c1-21(2,3)24-19-15-7-5-12(20(25)26)9-16(15)17(11-23-19)14-8-6-13(27-4)10-18(14)22/h5-11H,1-4H3,(H,23,24)(H,25,26). The summed E-state index contributed by atoms with van der Waals surface area (Å²) in [5.74, 6) is -0.479. The monoisotopic (exact) mass is 368 g/mol. The molecular formula is C21H21FN2O3. The van der Waals surface area contributed by atoms with Crippen LogP contribution >= 0.6 is 0 Å². The summed E-state index contributed by atoms with van der Waals surface area (Å²) in [5, 5.41) is 14.0. The van der Waals surface area contributed by atoms with E-state index in [1.54, 1.807) is 30.5 Å². The van der Waals surface area contributed by atoms with Crippen molar-refractivity contribution in [2.24, 2.45) is 0 Å². The van der Waals surface area contributed by atoms with Crippen molar-refractivity contribution in [1.82, 2.24) is 4.98 Å². The number of nitrogens with one attached hydrogen (secondary N) is 1. The van der Waals surface area contributed by atoms with Gasteiger partial charge in [-0.1, -0.05) is 0 Å². The molecule has 0 radical (unpaired) electrons. The molecule has 0 fully saturated rings. The first kappa shape index (κ1) is 18.6. The van der Waals surface area contributed by atoms with Crippen molar-refractivity contribution in [2.45, 2.75) is 26.3 Å². The van der Waals surface area contributed by atoms with Crippen LogP contribution in [-0.4, -0.2) is 28.7 Å². The van der Waals surface area contributed by atoms with Gasteiger partial charge in [-0.2, -0.15) is 0 Å². The van der Waals surface area contributed by atoms with E-state index in [2.05, 4.69) is 10.3 Å². The molecule has 6 heteroatoms. The van der Waals surface area contributed by atoms with Crippen LogP contribution in [-0.2, 0) is 0 Å². The Hall–Kier alpha value is -3.15. The third-order valence-corrected chi connectivity index (χ3v) is 4.09. The molecule has 3 aromatic rings. The van der Waals surface area contributed by atoms with Crippen LogP contribution in [0.25, 0.3) is 21.9 Å². The van der Waals surface area contributed by atoms with Gasteiger partial charge in [-0.15, -0.1) is 0 Å². The average Bonchev–Trinajstić information content (AvgIpc) is 2.60. The lowest BCUT2D eigenvalue weighted by Crippen LogP contribution is -2.26. The molecule has 0 unspecified atom stereocenters. The molecule has 3 rings (SSSR count). The van der Waals surface area contributed by atoms with E-state index in [1.165, 1.54) is 19.2 Å². The normalized spacial score (nSPS) is 11.4. The number of methoxy groups -OCH3 is 1. The van der Waals surface area contributed by atoms with Gasteiger partial charge < -0.3 is 15.2 Å². The van der Waals surface area contributed by atoms with Crippen LogP contribution in [0.1, 0.15) is 31.1 Å². The molecule has 27 heavy (non-hydrogen) atoms. The van der Waals surface area contributed by atoms with Crippen LogP contribution in [0.15, 0.2) is 42.6 Å². The summed E-state index contributed by atoms with van der Waals surface area (Å²) >= 11 is 0. The second-order valence-corrected chi connectivity index (χ2v) is 7.31. The number of carboxylic acids is 1. The number of carboxylic acid groups (broad SMARTS) is 1. The fourth-order valence-corrected chi connectivity index (χ4v) is 2.89. The number of anilines is 1. The van der Waals surface area contributed by atoms with Gasteiger partial charge >= 0.3 is 5.97 Å². The van der Waals surface area contributed by atoms with E-state index >= 15 is 0 Å². The second kappa shape index (κ2) is 6.87. The van der Waals surface area contributed by atoms with Crippen molar-refractivity contribution in [3.8, 4) is 16.9 Å². The van der Waals surface area contributed by atoms with Crippen LogP contribution in [0, 0.1) is 5.82 Å². The Morgan fingerprint density at radius 2 is 1.85 bits per heavy atom. The Bertz CT molecular complexity index is 1030. The van der Waals surface area contributed by atoms with E-state index in [9.17, 15) is 14.3 Å². The highest BCUT2D eigenvalue weighted by Crippen LogP contribution is 2.35. The zero-order valence-electron chi connectivity index (χ0n) is 15.6. The Kier molecular flexibility index (Phi) is 4.74. The fraction of sp³-hybridized carbons (Fsp3) is 0.238. The molecule has 140 valence electrons. The molecule has 0 amide bonds. The Morgan fingerprint density at radius 3 is 2.44 bits per heavy atom. The lowest BCUT2D eigenvalue weighted by Gasteiger charge is -2.23. The van der Waals surface area contributed by atoms with Crippen molar-refractivity contribution < 1.29 is 19.0 Å². The van der Waals surface area contributed by atoms with Crippen molar-refractivity contribution >= 4 is 22.6 Å². The number of ether oxygens (including phenoxy) is 1. The highest BCUT2D eigenvalue weighted by molar-refractivity contribution is 6.05. The van der Waals surface area contributed by atoms with Gasteiger partial charge in [-0.05, 0) is 56.5 Å². The largest absolute Gasteiger partial charge is 0.497 e. The zero-order valence-corrected chi connectivity index (χ0v) is 15.6. The number of halogens is 1. The minimum atomic E-state index is -1.04. The van der Waals surface area contributed by atoms with E-state index in [0.29, 0.717) is 28.1 Å². The number of nitrogens with zero attached hydrogens (tertiary/aromatic N) is 1. The molecule has 0 aliphatic rings. The summed E-state index contributed by atoms with van der Waals surface area (Å²) in [4.78, 5) is 15.9. The van der Waals surface area contributed by atoms with Gasteiger partial charge in [0.1, 0.15) is 17.4 Å². The topological polar surface area (TPSA) is 71.5 Å². The molecule has 0 aliphatic carbocycles. The molecule has 0 saturated heterocycles. The first-order valence-corrected chi connectivity index (χ1v) is 8.48. The lowest BCUT2D eigenvalue weighted by atomic mass is 9.97. The molecule has 0 bridgehead atoms. The summed E-state index contributed by atoms with van der Waals surface area (Å²) in [6.45, 7) is 6.01. The quantitative estimate of drug-likeness (QED) is 0.681. The van der Waals surface area contributed by atoms with Crippen LogP contribution in [0.4, 0.5) is 10.2 Å². The molecule has 1 aromatic heterocycles. The first-order valence-electron chi connectivity index (χ1n) is 8.48. The van der Waals surface area contributed by atoms with E-state index in [4.69, 9.17) is 4.74 Å². The number of hydrogen-bond acceptors (Lipinski definition) is 4. The van der Waals surface area contributed by atoms with Gasteiger partial charge in [0.25, 0.3) is 0 Å². The molecule has 1 heterocycles. The summed E-state index contributed by atoms with van der Waals surface area (Å²) in [7, 11) is 1.47. The van der Waals surface area contributed by atoms with Crippen LogP contribution in [0.2, 0.25) is 0 Å². The van der Waals surface area contributed by atoms with Crippen LogP contribution in [0.3, 0.4) is 0 Å². The number of aromatic carboxylic acids is 1. The number of aromatic nitrogens is 1. The predicted octanol–water partition coefficient (Wildman–Crippen LogP) is 4.96. The molecule has 0 atom stereocenters. The van der Waals surface area contributed by atoms with Gasteiger partial charge in [-0.3, -0.25) is 0 Å². The smallest absolute Gasteiger partial charge is 0.335 e. The molecule has 0 spiro atoms. The van der Waals surface area contributed by atoms with Crippen LogP contribution < -0.4 is 10.1 Å². The zero-order chi connectivity index (χ0) is 19.8. The van der Waals surface area contributed by atoms with E-state index in [-0.39, 0.29) is 11.1 Å². The Labute approximate surface area is 156 Å². The lowest BCUT2D eigenvalue weighted by molar-refractivity contribution is 0.0697. The number of pyridine rings is 1. The maximum absolute atomic E-state index is 14.6. The molecule has 0 saturated carbocycles. The molecule has 2 aromatic carbocycles. The SMILES string of the molecule is COc1ccc(-c2cnc(NC(C)(C)C)c3ccc(C(=O)O)cc23)c(F)c1. The van der Waals surface area contributed by atoms with Gasteiger partial charge in [0, 0.05) is 34.3 Å². The van der Waals surface area contributed by atoms with E-state index in [1.807, 2.05) is 20.8 Å². The van der Waals surface area contributed by atoms with Crippen molar-refractivity contribution in [2.75, 3.05) is 12.4 Å². The highest BCUT2D eigenvalue weighted by atomic mass is 19.1. The first-order chi connectivity index (χ1) is 12.7. The predicted molar refractivity (Wildman–Crippen MR) is 104 cm³/mol. The summed E-state index contributed by atoms with van der Waals surface area (Å²) in [6.07, 6.45) is 1.56. The Morgan fingerprint density at radius 1 is 1.11 bits per heavy atom. The number of benzene rings is 2. The summed E-state index contributed by atoms with van der Waals surface area (Å²) in [5.41, 5.74) is 0.745. The van der Waals surface area contributed by atoms with Gasteiger partial charge in [0.15, 0.2) is 0 Å². The van der Waals surface area contributed by atoms with E-state index in [0.717, 1.165) is 5.39 Å². The third kappa shape index (κ3) is 3.84. The molecule has 0 aliphatic heterocycles. The van der Waals surface area contributed by atoms with Crippen LogP contribution in [0.5, 0.6) is 5.75 Å². The van der Waals surface area contributed by atoms with Gasteiger partial charge in [0.2, 0.25) is 0 Å². The molecule has 5 nitrogen and oxygen atoms in total. The highest BCUT2D eigenvalue weighted by Gasteiger charge is 2.18. The maximum Gasteiger partial charge on any atom is 0.335 e. The number of carbonyl (C=O) groups is 1. The minimum Gasteiger partial charge on any atom is -0.497 e. The average molecular weight is 368 g/mol. The molecular weight excluding hydrogens is 347 g/mol. The second-order valence-electron chi connectivity index (χ2n) is 7.31. The van der Waals surface area contributed by atoms with Crippen molar-refractivity contribution in [3.63, 3.8) is 0 Å². The fourth-order valence-electron chi connectivity index (χ4n) is 2.89. The Balaban J connectivity index is 2.28. The summed E-state index contributed by atoms with van der Waals surface area (Å²) in [6, 6.07) is 9.33. The van der Waals surface area contributed by atoms with Crippen molar-refractivity contribution in [3.05, 3.63) is 54.0 Å². The molecule has 2 N–H and O–H groups in total. The van der Waals surface area contributed by atoms with Gasteiger partial charge in [0.05, 0.1) is 12.7 Å². The maximum atomic E-state index is 14.6. The number of rotatable bonds is 4.